The van der Waals surface area contributed by atoms with Gasteiger partial charge in [-0.15, -0.1) is 12.4 Å². The molecule has 0 atom stereocenters. The molecule has 89 heavy (non-hydrogen) atoms. The summed E-state index contributed by atoms with van der Waals surface area (Å²) in [6.07, 6.45) is 3.41. The number of aryl methyl sites for hydroxylation is 5. The molecular weight excluding hydrogens is 1540 g/mol. The lowest BCUT2D eigenvalue weighted by molar-refractivity contribution is -0.0678. The van der Waals surface area contributed by atoms with Crippen LogP contribution in [0, 0.1) is 51.0 Å². The van der Waals surface area contributed by atoms with E-state index in [2.05, 4.69) is 133 Å². The van der Waals surface area contributed by atoms with Crippen LogP contribution in [-0.2, 0) is 11.8 Å². The number of carbonyl (C=O) groups is 2. The van der Waals surface area contributed by atoms with E-state index in [0.29, 0.717) is 73.9 Å². The Kier molecular flexibility index (Phi) is 39.9. The van der Waals surface area contributed by atoms with Gasteiger partial charge in [-0.1, -0.05) is 64.6 Å². The summed E-state index contributed by atoms with van der Waals surface area (Å²) in [6.45, 7) is 9.04. The van der Waals surface area contributed by atoms with Gasteiger partial charge in [-0.05, 0) is 173 Å². The molecule has 0 aliphatic heterocycles. The van der Waals surface area contributed by atoms with Crippen LogP contribution >= 0.6 is 123 Å². The molecule has 0 radical (unpaired) electrons. The lowest BCUT2D eigenvalue weighted by Gasteiger charge is -2.14. The molecule has 0 unspecified atom stereocenters. The van der Waals surface area contributed by atoms with Crippen molar-refractivity contribution in [1.82, 2.24) is 35.4 Å². The maximum atomic E-state index is 14.3. The van der Waals surface area contributed by atoms with E-state index < -0.39 is 29.2 Å². The number of nitrogens with two attached hydrogens (primary N) is 4. The highest BCUT2D eigenvalue weighted by Crippen LogP contribution is 2.40. The number of ether oxygens (including phenoxy) is 1. The largest absolute Gasteiger partial charge is 0.462 e. The van der Waals surface area contributed by atoms with Crippen molar-refractivity contribution in [3.05, 3.63) is 131 Å². The number of anilines is 3. The molecule has 0 spiro atoms. The van der Waals surface area contributed by atoms with Crippen LogP contribution in [0.1, 0.15) is 62.9 Å². The van der Waals surface area contributed by atoms with Gasteiger partial charge in [0.25, 0.3) is 0 Å². The monoisotopic (exact) mass is 1600 g/mol. The molecule has 5 aromatic heterocycles. The molecule has 490 valence electrons. The zero-order valence-electron chi connectivity index (χ0n) is 49.2. The summed E-state index contributed by atoms with van der Waals surface area (Å²) in [4.78, 5) is 39.2. The summed E-state index contributed by atoms with van der Waals surface area (Å²) < 4.78 is 64.9. The van der Waals surface area contributed by atoms with Crippen molar-refractivity contribution in [3.63, 3.8) is 0 Å². The lowest BCUT2D eigenvalue weighted by atomic mass is 10.1. The number of aldehydes is 1. The topological polar surface area (TPSA) is 338 Å². The van der Waals surface area contributed by atoms with Crippen molar-refractivity contribution in [1.29, 1.82) is 0 Å². The second kappa shape index (κ2) is 41.3. The molecule has 9 aromatic rings. The Labute approximate surface area is 571 Å². The molecule has 34 heteroatoms. The molecule has 15 N–H and O–H groups in total. The van der Waals surface area contributed by atoms with Crippen LogP contribution < -0.4 is 44.5 Å². The fourth-order valence-corrected chi connectivity index (χ4v) is 10.0. The van der Waals surface area contributed by atoms with Gasteiger partial charge >= 0.3 is 5.97 Å². The van der Waals surface area contributed by atoms with Crippen molar-refractivity contribution >= 4 is 213 Å². The normalized spacial score (nSPS) is 9.97. The first-order valence-electron chi connectivity index (χ1n) is 24.7. The van der Waals surface area contributed by atoms with E-state index in [-0.39, 0.29) is 80.2 Å². The molecular formula is C55H68Br4Cl5F4N15O6. The van der Waals surface area contributed by atoms with Crippen LogP contribution in [0.3, 0.4) is 0 Å². The molecule has 0 aliphatic carbocycles. The van der Waals surface area contributed by atoms with Crippen LogP contribution in [0.2, 0.25) is 20.6 Å². The van der Waals surface area contributed by atoms with E-state index in [1.165, 1.54) is 28.2 Å². The third-order valence-electron chi connectivity index (χ3n) is 11.5. The highest BCUT2D eigenvalue weighted by molar-refractivity contribution is 9.11. The van der Waals surface area contributed by atoms with Gasteiger partial charge < -0.3 is 48.8 Å². The Morgan fingerprint density at radius 2 is 0.921 bits per heavy atom. The minimum atomic E-state index is -0.595. The van der Waals surface area contributed by atoms with Crippen LogP contribution in [0.25, 0.3) is 54.5 Å². The Hall–Kier alpha value is -5.19. The summed E-state index contributed by atoms with van der Waals surface area (Å²) >= 11 is 36.7. The van der Waals surface area contributed by atoms with Crippen molar-refractivity contribution < 1.29 is 47.5 Å². The van der Waals surface area contributed by atoms with E-state index in [1.54, 1.807) is 85.0 Å². The van der Waals surface area contributed by atoms with Gasteiger partial charge in [0.15, 0.2) is 29.6 Å². The first-order chi connectivity index (χ1) is 41.3. The predicted molar refractivity (Wildman–Crippen MR) is 371 cm³/mol. The van der Waals surface area contributed by atoms with E-state index in [1.807, 2.05) is 13.0 Å². The standard InChI is InChI=1S/C14H13BrClFN2O2.C12H10BrClFN3O.C12H8BrClFN3.C12H9BrClFN2O.4CH5N.CH4.ClH.H3NO2/c1-4-21-14(20)8-11(18-3)7-5-6(2)9(15)10(17)12(7)19-13(8)16;1-5-3-6-10(16-2)7(4-17-19)12(14)18-11(6)9(15)8(5)13;1-5-3-6-10(9(15)8(5)13)17-12(14)7-4-16-18(2)11(6)7;1-5-3-6-10(16-2)7(4-18)12(14)17-11(6)9(15)8(5)13;4*1-2;;;2-1-3/h5H,4H2,1-3H3,(H,18,19);3-4,19H,1-2H3,(H,16,18);3-4H,1-2H3;3-4H,1-2H3,(H,16,17);4*2H2,1H3;1H4;1H;1-3H/b;17-4+;;;;;;;;;. The van der Waals surface area contributed by atoms with Gasteiger partial charge in [-0.25, -0.2) is 42.3 Å². The number of aromatic nitrogens is 6. The second-order valence-corrected chi connectivity index (χ2v) is 20.9. The highest BCUT2D eigenvalue weighted by Gasteiger charge is 2.25. The first-order valence-corrected chi connectivity index (χ1v) is 29.4. The van der Waals surface area contributed by atoms with Crippen molar-refractivity contribution in [3.8, 4) is 0 Å². The number of nitrogens with zero attached hydrogens (tertiary/aromatic N) is 7. The number of halogens is 13. The Balaban J connectivity index is 0. The Bertz CT molecular complexity index is 3930. The number of pyridine rings is 4. The molecule has 5 heterocycles. The van der Waals surface area contributed by atoms with Crippen molar-refractivity contribution in [2.24, 2.45) is 35.1 Å². The van der Waals surface area contributed by atoms with E-state index in [4.69, 9.17) is 66.8 Å². The third kappa shape index (κ3) is 19.7. The van der Waals surface area contributed by atoms with E-state index in [0.717, 1.165) is 39.5 Å². The third-order valence-corrected chi connectivity index (χ3v) is 16.5. The van der Waals surface area contributed by atoms with Crippen LogP contribution in [0.15, 0.2) is 53.5 Å². The number of fused-ring (bicyclic) bond motifs is 6. The molecule has 0 saturated carbocycles. The molecule has 0 aliphatic rings. The molecule has 4 aromatic carbocycles. The smallest absolute Gasteiger partial charge is 0.343 e. The number of rotatable bonds is 7. The van der Waals surface area contributed by atoms with Gasteiger partial charge in [0.05, 0.1) is 76.0 Å². The summed E-state index contributed by atoms with van der Waals surface area (Å²) in [5.41, 5.74) is 25.3. The Morgan fingerprint density at radius 1 is 0.607 bits per heavy atom. The summed E-state index contributed by atoms with van der Waals surface area (Å²) in [6, 6.07) is 7.16. The summed E-state index contributed by atoms with van der Waals surface area (Å²) in [5.74, 6) is -2.46. The molecule has 9 rings (SSSR count). The van der Waals surface area contributed by atoms with E-state index >= 15 is 0 Å². The van der Waals surface area contributed by atoms with Gasteiger partial charge in [-0.2, -0.15) is 5.10 Å². The minimum Gasteiger partial charge on any atom is -0.462 e. The van der Waals surface area contributed by atoms with E-state index in [9.17, 15) is 27.2 Å². The van der Waals surface area contributed by atoms with Crippen LogP contribution in [0.4, 0.5) is 34.6 Å². The van der Waals surface area contributed by atoms with Gasteiger partial charge in [-0.3, -0.25) is 19.9 Å². The molecule has 0 fully saturated rings. The number of oxime groups is 1. The average molecular weight is 1610 g/mol. The first kappa shape index (κ1) is 85.9. The quantitative estimate of drug-likeness (QED) is 0.0134. The number of carbonyl (C=O) groups excluding carboxylic acids is 2. The summed E-state index contributed by atoms with van der Waals surface area (Å²) in [7, 11) is 12.7. The van der Waals surface area contributed by atoms with Crippen molar-refractivity contribution in [2.45, 2.75) is 42.0 Å². The fourth-order valence-electron chi connectivity index (χ4n) is 7.91. The highest BCUT2D eigenvalue weighted by atomic mass is 79.9. The zero-order valence-corrected chi connectivity index (χ0v) is 59.4. The average Bonchev–Trinajstić information content (AvgIpc) is 1.96. The number of benzene rings is 4. The van der Waals surface area contributed by atoms with Crippen LogP contribution in [0.5, 0.6) is 0 Å². The van der Waals surface area contributed by atoms with Gasteiger partial charge in [0.2, 0.25) is 0 Å². The zero-order chi connectivity index (χ0) is 67.1. The number of hydrogen-bond donors (Lipinski definition) is 11. The number of esters is 1. The lowest BCUT2D eigenvalue weighted by Crippen LogP contribution is -2.11. The van der Waals surface area contributed by atoms with Gasteiger partial charge in [0.1, 0.15) is 48.2 Å². The SMILES string of the molecule is C.CCOC(=O)c1c(Cl)nc2c(F)c(Br)c(C)cc2c1NC.CN.CN.CN.CN.CNc1c(/C=N/O)c(Cl)nc2c(F)c(Br)c(C)cc12.CNc1c(C=O)c(Cl)nc2c(F)c(Br)c(C)cc12.Cc1cc2c(nc(Cl)c3cnn(C)c32)c(F)c1Br.Cl.ONO. The fraction of sp³-hybridized carbons (Fsp3) is 0.273. The molecule has 0 saturated heterocycles. The number of nitrogens with one attached hydrogen (secondary N) is 4. The maximum Gasteiger partial charge on any atom is 0.343 e. The van der Waals surface area contributed by atoms with Crippen molar-refractivity contribution in [2.75, 3.05) is 71.9 Å². The van der Waals surface area contributed by atoms with Crippen LogP contribution in [-0.4, -0.2) is 120 Å². The molecule has 0 amide bonds. The predicted octanol–water partition coefficient (Wildman–Crippen LogP) is 14.9. The number of hydrogen-bond acceptors (Lipinski definition) is 20. The molecule has 21 nitrogen and oxygen atoms in total. The Morgan fingerprint density at radius 3 is 1.27 bits per heavy atom. The second-order valence-electron chi connectivity index (χ2n) is 16.3. The molecule has 0 bridgehead atoms. The maximum absolute atomic E-state index is 14.3. The summed E-state index contributed by atoms with van der Waals surface area (Å²) in [5, 5.41) is 41.4. The van der Waals surface area contributed by atoms with Gasteiger partial charge in [0, 0.05) is 49.7 Å². The minimum absolute atomic E-state index is 0.